The van der Waals surface area contributed by atoms with Crippen molar-refractivity contribution in [2.45, 2.75) is 88.0 Å². The van der Waals surface area contributed by atoms with Crippen LogP contribution in [0.1, 0.15) is 69.8 Å². The van der Waals surface area contributed by atoms with Crippen molar-refractivity contribution in [1.82, 2.24) is 4.90 Å². The molecule has 2 saturated heterocycles. The van der Waals surface area contributed by atoms with E-state index in [4.69, 9.17) is 4.74 Å². The molecule has 0 aromatic heterocycles. The van der Waals surface area contributed by atoms with Crippen LogP contribution in [0, 0.1) is 5.92 Å². The van der Waals surface area contributed by atoms with Gasteiger partial charge in [0.05, 0.1) is 0 Å². The number of piperidine rings is 2. The van der Waals surface area contributed by atoms with Gasteiger partial charge in [0, 0.05) is 18.0 Å². The van der Waals surface area contributed by atoms with Gasteiger partial charge < -0.3 is 14.7 Å². The predicted octanol–water partition coefficient (Wildman–Crippen LogP) is 4.01. The zero-order chi connectivity index (χ0) is 18.9. The quantitative estimate of drug-likeness (QED) is 0.813. The van der Waals surface area contributed by atoms with E-state index in [1.807, 2.05) is 30.3 Å². The van der Waals surface area contributed by atoms with Crippen molar-refractivity contribution in [1.29, 1.82) is 0 Å². The number of aliphatic hydroxyl groups is 1. The highest BCUT2D eigenvalue weighted by molar-refractivity contribution is 5.81. The number of esters is 1. The number of benzene rings is 1. The fraction of sp³-hybridized carbons (Fsp3) is 0.696. The third kappa shape index (κ3) is 3.66. The lowest BCUT2D eigenvalue weighted by molar-refractivity contribution is -0.186. The van der Waals surface area contributed by atoms with Gasteiger partial charge in [-0.05, 0) is 51.1 Å². The molecule has 4 heteroatoms. The first-order valence-corrected chi connectivity index (χ1v) is 10.8. The van der Waals surface area contributed by atoms with Gasteiger partial charge in [0.15, 0.2) is 5.60 Å². The summed E-state index contributed by atoms with van der Waals surface area (Å²) in [5.41, 5.74) is -0.824. The van der Waals surface area contributed by atoms with Crippen molar-refractivity contribution in [3.8, 4) is 0 Å². The Bertz CT molecular complexity index is 628. The maximum atomic E-state index is 13.3. The molecule has 2 bridgehead atoms. The van der Waals surface area contributed by atoms with Gasteiger partial charge in [0.25, 0.3) is 0 Å². The lowest BCUT2D eigenvalue weighted by Gasteiger charge is -2.47. The van der Waals surface area contributed by atoms with Gasteiger partial charge in [-0.3, -0.25) is 0 Å². The highest BCUT2D eigenvalue weighted by Gasteiger charge is 2.48. The molecule has 0 radical (unpaired) electrons. The second kappa shape index (κ2) is 7.92. The van der Waals surface area contributed by atoms with E-state index in [0.717, 1.165) is 38.5 Å². The molecule has 2 aliphatic heterocycles. The van der Waals surface area contributed by atoms with Gasteiger partial charge in [-0.25, -0.2) is 4.79 Å². The molecule has 1 aliphatic carbocycles. The van der Waals surface area contributed by atoms with Crippen molar-refractivity contribution in [2.24, 2.45) is 5.92 Å². The van der Waals surface area contributed by atoms with E-state index in [2.05, 4.69) is 11.9 Å². The fourth-order valence-electron chi connectivity index (χ4n) is 5.64. The van der Waals surface area contributed by atoms with Crippen molar-refractivity contribution >= 4 is 5.97 Å². The Morgan fingerprint density at radius 1 is 1.00 bits per heavy atom. The van der Waals surface area contributed by atoms with Crippen molar-refractivity contribution in [2.75, 3.05) is 7.05 Å². The summed E-state index contributed by atoms with van der Waals surface area (Å²) in [5.74, 6) is -0.472. The molecule has 4 rings (SSSR count). The molecule has 0 spiro atoms. The van der Waals surface area contributed by atoms with Crippen LogP contribution in [0.3, 0.4) is 0 Å². The third-order valence-corrected chi connectivity index (χ3v) is 7.29. The SMILES string of the molecule is CN1C2CCCC1CC(OC(=O)C(O)(c1ccccc1)C1CCCCC1)C2. The summed E-state index contributed by atoms with van der Waals surface area (Å²) >= 11 is 0. The van der Waals surface area contributed by atoms with Crippen LogP contribution in [0.2, 0.25) is 0 Å². The number of carbonyl (C=O) groups is 1. The predicted molar refractivity (Wildman–Crippen MR) is 105 cm³/mol. The molecule has 27 heavy (non-hydrogen) atoms. The average Bonchev–Trinajstić information content (AvgIpc) is 2.69. The van der Waals surface area contributed by atoms with E-state index in [1.54, 1.807) is 0 Å². The van der Waals surface area contributed by atoms with E-state index in [1.165, 1.54) is 25.7 Å². The molecule has 3 fully saturated rings. The smallest absolute Gasteiger partial charge is 0.343 e. The minimum Gasteiger partial charge on any atom is -0.460 e. The first kappa shape index (κ1) is 18.9. The zero-order valence-electron chi connectivity index (χ0n) is 16.5. The van der Waals surface area contributed by atoms with Crippen LogP contribution >= 0.6 is 0 Å². The van der Waals surface area contributed by atoms with Crippen molar-refractivity contribution in [3.05, 3.63) is 35.9 Å². The van der Waals surface area contributed by atoms with Gasteiger partial charge in [-0.1, -0.05) is 56.0 Å². The maximum Gasteiger partial charge on any atom is 0.343 e. The molecule has 1 aromatic carbocycles. The monoisotopic (exact) mass is 371 g/mol. The molecule has 148 valence electrons. The largest absolute Gasteiger partial charge is 0.460 e. The van der Waals surface area contributed by atoms with E-state index in [-0.39, 0.29) is 12.0 Å². The van der Waals surface area contributed by atoms with Crippen LogP contribution in [0.5, 0.6) is 0 Å². The maximum absolute atomic E-state index is 13.3. The number of rotatable bonds is 4. The summed E-state index contributed by atoms with van der Waals surface area (Å²) in [4.78, 5) is 15.8. The Labute approximate surface area is 162 Å². The molecule has 1 aromatic rings. The molecule has 3 atom stereocenters. The molecular weight excluding hydrogens is 338 g/mol. The molecular formula is C23H33NO3. The van der Waals surface area contributed by atoms with Crippen LogP contribution in [0.25, 0.3) is 0 Å². The van der Waals surface area contributed by atoms with Gasteiger partial charge in [-0.2, -0.15) is 0 Å². The normalized spacial score (nSPS) is 31.9. The number of carbonyl (C=O) groups excluding carboxylic acids is 1. The zero-order valence-corrected chi connectivity index (χ0v) is 16.5. The van der Waals surface area contributed by atoms with Gasteiger partial charge >= 0.3 is 5.97 Å². The minimum atomic E-state index is -1.51. The molecule has 3 unspecified atom stereocenters. The van der Waals surface area contributed by atoms with E-state index in [0.29, 0.717) is 17.6 Å². The topological polar surface area (TPSA) is 49.8 Å². The molecule has 1 saturated carbocycles. The Hall–Kier alpha value is -1.39. The van der Waals surface area contributed by atoms with Crippen molar-refractivity contribution in [3.63, 3.8) is 0 Å². The highest BCUT2D eigenvalue weighted by atomic mass is 16.6. The minimum absolute atomic E-state index is 0.0492. The Morgan fingerprint density at radius 3 is 2.26 bits per heavy atom. The second-order valence-electron chi connectivity index (χ2n) is 8.87. The Balaban J connectivity index is 1.54. The standard InChI is InChI=1S/C23H33NO3/c1-24-19-13-8-14-20(24)16-21(15-19)27-22(25)23(26,17-9-4-2-5-10-17)18-11-6-3-7-12-18/h2,4-5,9-10,18-21,26H,3,6-8,11-16H2,1H3. The van der Waals surface area contributed by atoms with Crippen LogP contribution in [0.15, 0.2) is 30.3 Å². The third-order valence-electron chi connectivity index (χ3n) is 7.29. The number of hydrogen-bond acceptors (Lipinski definition) is 4. The Kier molecular flexibility index (Phi) is 5.56. The summed E-state index contributed by atoms with van der Waals surface area (Å²) in [5, 5.41) is 11.7. The number of fused-ring (bicyclic) bond motifs is 2. The number of ether oxygens (including phenoxy) is 1. The molecule has 1 N–H and O–H groups in total. The van der Waals surface area contributed by atoms with E-state index < -0.39 is 11.6 Å². The van der Waals surface area contributed by atoms with Crippen LogP contribution < -0.4 is 0 Å². The van der Waals surface area contributed by atoms with Gasteiger partial charge in [0.2, 0.25) is 0 Å². The van der Waals surface area contributed by atoms with Crippen molar-refractivity contribution < 1.29 is 14.6 Å². The van der Waals surface area contributed by atoms with Crippen LogP contribution in [0.4, 0.5) is 0 Å². The molecule has 4 nitrogen and oxygen atoms in total. The summed E-state index contributed by atoms with van der Waals surface area (Å²) in [7, 11) is 2.20. The summed E-state index contributed by atoms with van der Waals surface area (Å²) in [6.07, 6.45) is 10.5. The van der Waals surface area contributed by atoms with Crippen LogP contribution in [-0.2, 0) is 15.1 Å². The lowest BCUT2D eigenvalue weighted by atomic mass is 9.73. The fourth-order valence-corrected chi connectivity index (χ4v) is 5.64. The van der Waals surface area contributed by atoms with Crippen LogP contribution in [-0.4, -0.2) is 41.2 Å². The first-order valence-electron chi connectivity index (χ1n) is 10.8. The van der Waals surface area contributed by atoms with E-state index >= 15 is 0 Å². The highest BCUT2D eigenvalue weighted by Crippen LogP contribution is 2.42. The van der Waals surface area contributed by atoms with Gasteiger partial charge in [-0.15, -0.1) is 0 Å². The average molecular weight is 372 g/mol. The summed E-state index contributed by atoms with van der Waals surface area (Å²) < 4.78 is 6.03. The molecule has 3 aliphatic rings. The molecule has 2 heterocycles. The van der Waals surface area contributed by atoms with E-state index in [9.17, 15) is 9.90 Å². The number of nitrogens with zero attached hydrogens (tertiary/aromatic N) is 1. The summed E-state index contributed by atoms with van der Waals surface area (Å²) in [6, 6.07) is 10.5. The molecule has 0 amide bonds. The number of hydrogen-bond donors (Lipinski definition) is 1. The Morgan fingerprint density at radius 2 is 1.63 bits per heavy atom. The summed E-state index contributed by atoms with van der Waals surface area (Å²) in [6.45, 7) is 0. The lowest BCUT2D eigenvalue weighted by Crippen LogP contribution is -2.53. The second-order valence-corrected chi connectivity index (χ2v) is 8.87. The first-order chi connectivity index (χ1) is 13.1. The van der Waals surface area contributed by atoms with Gasteiger partial charge in [0.1, 0.15) is 6.10 Å².